The molecule has 0 heterocycles. The molecule has 0 aromatic rings. The normalized spacial score (nSPS) is 14.1. The summed E-state index contributed by atoms with van der Waals surface area (Å²) in [5.41, 5.74) is 0. The van der Waals surface area contributed by atoms with Crippen LogP contribution in [-0.4, -0.2) is 62.5 Å². The summed E-state index contributed by atoms with van der Waals surface area (Å²) in [6.45, 7) is 13.4. The Balaban J connectivity index is 4.59. The first-order chi connectivity index (χ1) is 15.9. The minimum Gasteiger partial charge on any atom is -0.436 e. The fraction of sp³-hybridized carbons (Fsp3) is 0.917. The highest BCUT2D eigenvalue weighted by Crippen LogP contribution is 2.29. The number of nitrogens with one attached hydrogen (secondary N) is 1. The first-order valence-electron chi connectivity index (χ1n) is 13.2. The number of rotatable bonds is 22. The molecular formula is C24H53NO6Si3. The van der Waals surface area contributed by atoms with E-state index in [1.165, 1.54) is 32.1 Å². The maximum absolute atomic E-state index is 12.2. The molecule has 1 atom stereocenters. The van der Waals surface area contributed by atoms with Crippen molar-refractivity contribution in [2.75, 3.05) is 20.3 Å². The summed E-state index contributed by atoms with van der Waals surface area (Å²) in [7, 11) is -5.27. The van der Waals surface area contributed by atoms with Crippen LogP contribution in [0.1, 0.15) is 77.6 Å². The van der Waals surface area contributed by atoms with E-state index in [-0.39, 0.29) is 24.7 Å². The molecule has 0 aliphatic carbocycles. The van der Waals surface area contributed by atoms with Crippen molar-refractivity contribution in [3.8, 4) is 0 Å². The molecule has 0 aliphatic rings. The van der Waals surface area contributed by atoms with Crippen LogP contribution in [0.3, 0.4) is 0 Å². The molecule has 0 rings (SSSR count). The molecule has 7 nitrogen and oxygen atoms in total. The number of hydrogen-bond donors (Lipinski definition) is 2. The van der Waals surface area contributed by atoms with Gasteiger partial charge in [0.15, 0.2) is 8.32 Å². The number of ketones is 1. The molecule has 1 unspecified atom stereocenters. The highest BCUT2D eigenvalue weighted by molar-refractivity contribution is 6.87. The number of aliphatic hydroxyl groups is 1. The molecule has 0 radical (unpaired) electrons. The van der Waals surface area contributed by atoms with Crippen LogP contribution >= 0.6 is 0 Å². The summed E-state index contributed by atoms with van der Waals surface area (Å²) >= 11 is 0. The number of aliphatic hydroxyl groups excluding tert-OH is 1. The van der Waals surface area contributed by atoms with Crippen LogP contribution < -0.4 is 5.32 Å². The van der Waals surface area contributed by atoms with Gasteiger partial charge < -0.3 is 23.1 Å². The molecule has 202 valence electrons. The van der Waals surface area contributed by atoms with Gasteiger partial charge in [-0.15, -0.1) is 0 Å². The van der Waals surface area contributed by atoms with Crippen molar-refractivity contribution < 1.29 is 27.4 Å². The molecule has 10 heteroatoms. The lowest BCUT2D eigenvalue weighted by atomic mass is 10.1. The number of amides is 1. The van der Waals surface area contributed by atoms with Crippen LogP contribution in [0, 0.1) is 0 Å². The number of unbranched alkanes of at least 4 members (excludes halogenated alkanes) is 5. The summed E-state index contributed by atoms with van der Waals surface area (Å²) in [4.78, 5) is 24.1. The van der Waals surface area contributed by atoms with E-state index in [4.69, 9.17) is 17.8 Å². The number of carbonyl (C=O) groups is 2. The molecule has 0 bridgehead atoms. The van der Waals surface area contributed by atoms with Gasteiger partial charge in [0.25, 0.3) is 0 Å². The van der Waals surface area contributed by atoms with Crippen LogP contribution in [0.25, 0.3) is 0 Å². The van der Waals surface area contributed by atoms with E-state index in [0.29, 0.717) is 19.3 Å². The first-order valence-corrected chi connectivity index (χ1v) is 21.7. The lowest BCUT2D eigenvalue weighted by Gasteiger charge is -2.40. The van der Waals surface area contributed by atoms with Crippen LogP contribution in [0.5, 0.6) is 0 Å². The van der Waals surface area contributed by atoms with E-state index in [1.54, 1.807) is 7.11 Å². The predicted octanol–water partition coefficient (Wildman–Crippen LogP) is 5.63. The second-order valence-electron chi connectivity index (χ2n) is 10.5. The van der Waals surface area contributed by atoms with Crippen LogP contribution in [0.15, 0.2) is 0 Å². The summed E-state index contributed by atoms with van der Waals surface area (Å²) in [5.74, 6) is 0.204. The van der Waals surface area contributed by atoms with Gasteiger partial charge in [0, 0.05) is 39.5 Å². The first kappa shape index (κ1) is 33.6. The molecule has 0 saturated heterocycles. The fourth-order valence-corrected chi connectivity index (χ4v) is 16.9. The van der Waals surface area contributed by atoms with Gasteiger partial charge in [-0.1, -0.05) is 39.0 Å². The Morgan fingerprint density at radius 2 is 1.41 bits per heavy atom. The van der Waals surface area contributed by atoms with Crippen molar-refractivity contribution in [3.63, 3.8) is 0 Å². The molecule has 0 aromatic heterocycles. The van der Waals surface area contributed by atoms with E-state index in [2.05, 4.69) is 31.9 Å². The van der Waals surface area contributed by atoms with E-state index < -0.39 is 25.4 Å². The molecule has 0 spiro atoms. The van der Waals surface area contributed by atoms with E-state index in [0.717, 1.165) is 31.5 Å². The Labute approximate surface area is 212 Å². The largest absolute Gasteiger partial charge is 0.436 e. The summed E-state index contributed by atoms with van der Waals surface area (Å²) in [6.07, 6.45) is 10.0. The van der Waals surface area contributed by atoms with Crippen LogP contribution in [0.4, 0.5) is 0 Å². The Morgan fingerprint density at radius 1 is 0.794 bits per heavy atom. The van der Waals surface area contributed by atoms with Gasteiger partial charge in [-0.2, -0.15) is 0 Å². The lowest BCUT2D eigenvalue weighted by molar-refractivity contribution is -0.121. The van der Waals surface area contributed by atoms with E-state index in [9.17, 15) is 9.59 Å². The van der Waals surface area contributed by atoms with Crippen molar-refractivity contribution in [1.29, 1.82) is 0 Å². The molecule has 0 saturated carbocycles. The van der Waals surface area contributed by atoms with Gasteiger partial charge in [-0.25, -0.2) is 0 Å². The van der Waals surface area contributed by atoms with Gasteiger partial charge in [0.1, 0.15) is 5.78 Å². The third kappa shape index (κ3) is 18.0. The second kappa shape index (κ2) is 18.0. The Bertz CT molecular complexity index is 577. The maximum Gasteiger partial charge on any atom is 0.322 e. The predicted molar refractivity (Wildman–Crippen MR) is 147 cm³/mol. The Kier molecular flexibility index (Phi) is 17.8. The van der Waals surface area contributed by atoms with Gasteiger partial charge in [-0.05, 0) is 64.1 Å². The summed E-state index contributed by atoms with van der Waals surface area (Å²) in [5, 5.41) is 12.0. The maximum atomic E-state index is 12.2. The van der Waals surface area contributed by atoms with Crippen molar-refractivity contribution in [3.05, 3.63) is 0 Å². The average Bonchev–Trinajstić information content (AvgIpc) is 2.72. The number of Topliss-reactive ketones (excluding diaryl/α,β-unsaturated/α-hetero) is 1. The number of hydrogen-bond acceptors (Lipinski definition) is 6. The van der Waals surface area contributed by atoms with Gasteiger partial charge >= 0.3 is 17.1 Å². The zero-order chi connectivity index (χ0) is 26.1. The zero-order valence-corrected chi connectivity index (χ0v) is 26.1. The summed E-state index contributed by atoms with van der Waals surface area (Å²) in [6, 6.07) is 1.61. The molecule has 2 N–H and O–H groups in total. The van der Waals surface area contributed by atoms with Gasteiger partial charge in [0.2, 0.25) is 5.91 Å². The molecule has 0 aromatic carbocycles. The van der Waals surface area contributed by atoms with Crippen LogP contribution in [-0.2, 0) is 22.2 Å². The van der Waals surface area contributed by atoms with E-state index >= 15 is 0 Å². The molecule has 1 amide bonds. The SMILES string of the molecule is CCCCCCCCNC(=O)CCC[Si](C)(C)O[Si](C)(CCCC(=O)CCO)O[Si](C)(C)OC. The fourth-order valence-electron chi connectivity index (χ4n) is 4.07. The number of carbonyl (C=O) groups excluding carboxylic acids is 2. The lowest BCUT2D eigenvalue weighted by Crippen LogP contribution is -2.55. The molecule has 0 aliphatic heterocycles. The Morgan fingerprint density at radius 3 is 2.03 bits per heavy atom. The smallest absolute Gasteiger partial charge is 0.322 e. The summed E-state index contributed by atoms with van der Waals surface area (Å²) < 4.78 is 18.9. The van der Waals surface area contributed by atoms with Crippen molar-refractivity contribution in [2.45, 2.75) is 122 Å². The van der Waals surface area contributed by atoms with Crippen molar-refractivity contribution >= 4 is 37.1 Å². The Hall–Kier alpha value is -0.369. The second-order valence-corrected chi connectivity index (χ2v) is 22.2. The average molecular weight is 536 g/mol. The minimum atomic E-state index is -2.57. The zero-order valence-electron chi connectivity index (χ0n) is 23.1. The van der Waals surface area contributed by atoms with Gasteiger partial charge in [-0.3, -0.25) is 9.59 Å². The third-order valence-electron chi connectivity index (χ3n) is 5.96. The quantitative estimate of drug-likeness (QED) is 0.138. The monoisotopic (exact) mass is 535 g/mol. The highest BCUT2D eigenvalue weighted by Gasteiger charge is 2.43. The van der Waals surface area contributed by atoms with Gasteiger partial charge in [0.05, 0.1) is 0 Å². The van der Waals surface area contributed by atoms with Crippen molar-refractivity contribution in [1.82, 2.24) is 5.32 Å². The molecule has 34 heavy (non-hydrogen) atoms. The van der Waals surface area contributed by atoms with Crippen molar-refractivity contribution in [2.24, 2.45) is 0 Å². The minimum absolute atomic E-state index is 0.0746. The topological polar surface area (TPSA) is 94.1 Å². The standard InChI is InChI=1S/C24H53NO6Si3/c1-8-9-10-11-12-13-19-25-24(28)17-15-21-32(3,4)30-34(7,31-33(5,6)29-2)22-14-16-23(27)18-20-26/h26H,8-22H2,1-7H3,(H,25,28). The molecule has 0 fully saturated rings. The van der Waals surface area contributed by atoms with E-state index in [1.807, 2.05) is 13.1 Å². The third-order valence-corrected chi connectivity index (χ3v) is 17.4. The van der Waals surface area contributed by atoms with Crippen LogP contribution in [0.2, 0.25) is 44.8 Å². The molecular weight excluding hydrogens is 483 g/mol. The highest BCUT2D eigenvalue weighted by atomic mass is 28.5.